The summed E-state index contributed by atoms with van der Waals surface area (Å²) in [5.74, 6) is 1.03. The molecule has 1 aromatic heterocycles. The van der Waals surface area contributed by atoms with E-state index in [1.54, 1.807) is 39.8 Å². The molecule has 3 aromatic carbocycles. The third kappa shape index (κ3) is 5.78. The molecule has 192 valence electrons. The molecule has 1 heterocycles. The second-order valence-corrected chi connectivity index (χ2v) is 9.12. The summed E-state index contributed by atoms with van der Waals surface area (Å²) in [7, 11) is 0. The number of nitrogens with one attached hydrogen (secondary N) is 1. The molecule has 0 saturated heterocycles. The van der Waals surface area contributed by atoms with Crippen molar-refractivity contribution in [3.8, 4) is 11.4 Å². The summed E-state index contributed by atoms with van der Waals surface area (Å²) in [6, 6.07) is 20.8. The number of hydrogen-bond acceptors (Lipinski definition) is 4. The Balaban J connectivity index is 1.85. The molecule has 1 atom stereocenters. The standard InChI is InChI=1S/C29H31ClN4O3/c1-4-6-19-33(29(36)31-22-17-15-21(30)16-18-22)20(3)27-32-24-12-8-7-11-23(24)28(35)34(27)25-13-9-10-14-26(25)37-5-2/h7-18,20H,4-6,19H2,1-3H3,(H,31,36). The molecular formula is C29H31ClN4O3. The molecule has 0 bridgehead atoms. The van der Waals surface area contributed by atoms with E-state index in [4.69, 9.17) is 21.3 Å². The molecule has 4 aromatic rings. The Labute approximate surface area is 221 Å². The molecular weight excluding hydrogens is 488 g/mol. The number of urea groups is 1. The smallest absolute Gasteiger partial charge is 0.322 e. The zero-order valence-corrected chi connectivity index (χ0v) is 22.0. The molecule has 37 heavy (non-hydrogen) atoms. The molecule has 4 rings (SSSR count). The summed E-state index contributed by atoms with van der Waals surface area (Å²) < 4.78 is 7.44. The number of anilines is 1. The molecule has 1 unspecified atom stereocenters. The van der Waals surface area contributed by atoms with Crippen LogP contribution in [0.4, 0.5) is 10.5 Å². The summed E-state index contributed by atoms with van der Waals surface area (Å²) in [6.45, 7) is 6.81. The van der Waals surface area contributed by atoms with Gasteiger partial charge in [-0.2, -0.15) is 0 Å². The second-order valence-electron chi connectivity index (χ2n) is 8.69. The van der Waals surface area contributed by atoms with Crippen molar-refractivity contribution in [2.45, 2.75) is 39.7 Å². The summed E-state index contributed by atoms with van der Waals surface area (Å²) in [4.78, 5) is 34.0. The Morgan fingerprint density at radius 3 is 2.49 bits per heavy atom. The third-order valence-electron chi connectivity index (χ3n) is 6.16. The van der Waals surface area contributed by atoms with Crippen molar-refractivity contribution in [1.82, 2.24) is 14.5 Å². The van der Waals surface area contributed by atoms with E-state index in [2.05, 4.69) is 12.2 Å². The first kappa shape index (κ1) is 26.2. The lowest BCUT2D eigenvalue weighted by Crippen LogP contribution is -2.40. The number of unbranched alkanes of at least 4 members (excludes halogenated alkanes) is 1. The zero-order valence-electron chi connectivity index (χ0n) is 21.3. The van der Waals surface area contributed by atoms with E-state index in [0.717, 1.165) is 12.8 Å². The maximum Gasteiger partial charge on any atom is 0.322 e. The molecule has 0 aliphatic heterocycles. The van der Waals surface area contributed by atoms with E-state index < -0.39 is 6.04 Å². The first-order valence-corrected chi connectivity index (χ1v) is 12.9. The maximum absolute atomic E-state index is 13.9. The van der Waals surface area contributed by atoms with Gasteiger partial charge in [-0.15, -0.1) is 0 Å². The fraction of sp³-hybridized carbons (Fsp3) is 0.276. The van der Waals surface area contributed by atoms with Crippen molar-refractivity contribution in [3.63, 3.8) is 0 Å². The van der Waals surface area contributed by atoms with Crippen molar-refractivity contribution in [1.29, 1.82) is 0 Å². The maximum atomic E-state index is 13.9. The van der Waals surface area contributed by atoms with Crippen LogP contribution in [0.15, 0.2) is 77.6 Å². The molecule has 0 saturated carbocycles. The molecule has 0 radical (unpaired) electrons. The van der Waals surface area contributed by atoms with Gasteiger partial charge < -0.3 is 15.0 Å². The van der Waals surface area contributed by atoms with E-state index in [1.165, 1.54) is 0 Å². The highest BCUT2D eigenvalue weighted by atomic mass is 35.5. The van der Waals surface area contributed by atoms with Gasteiger partial charge in [0.05, 0.1) is 29.2 Å². The van der Waals surface area contributed by atoms with Gasteiger partial charge >= 0.3 is 6.03 Å². The van der Waals surface area contributed by atoms with Crippen LogP contribution in [0.25, 0.3) is 16.6 Å². The number of benzene rings is 3. The minimum Gasteiger partial charge on any atom is -0.492 e. The van der Waals surface area contributed by atoms with Gasteiger partial charge in [-0.3, -0.25) is 9.36 Å². The van der Waals surface area contributed by atoms with Gasteiger partial charge in [0, 0.05) is 17.3 Å². The summed E-state index contributed by atoms with van der Waals surface area (Å²) >= 11 is 6.01. The van der Waals surface area contributed by atoms with Gasteiger partial charge in [0.2, 0.25) is 0 Å². The van der Waals surface area contributed by atoms with Crippen LogP contribution in [0.2, 0.25) is 5.02 Å². The van der Waals surface area contributed by atoms with Gasteiger partial charge in [-0.05, 0) is 68.8 Å². The number of aromatic nitrogens is 2. The monoisotopic (exact) mass is 518 g/mol. The minimum atomic E-state index is -0.522. The Kier molecular flexibility index (Phi) is 8.46. The van der Waals surface area contributed by atoms with Crippen LogP contribution in [-0.2, 0) is 0 Å². The van der Waals surface area contributed by atoms with Gasteiger partial charge in [-0.1, -0.05) is 49.2 Å². The summed E-state index contributed by atoms with van der Waals surface area (Å²) in [5.41, 5.74) is 1.58. The average molecular weight is 519 g/mol. The number of carbonyl (C=O) groups is 1. The number of para-hydroxylation sites is 3. The van der Waals surface area contributed by atoms with Gasteiger partial charge in [-0.25, -0.2) is 9.78 Å². The number of amides is 2. The Bertz CT molecular complexity index is 1440. The van der Waals surface area contributed by atoms with E-state index in [0.29, 0.717) is 52.0 Å². The van der Waals surface area contributed by atoms with Crippen LogP contribution in [0.5, 0.6) is 5.75 Å². The fourth-order valence-electron chi connectivity index (χ4n) is 4.25. The van der Waals surface area contributed by atoms with Crippen molar-refractivity contribution in [2.75, 3.05) is 18.5 Å². The molecule has 8 heteroatoms. The van der Waals surface area contributed by atoms with E-state index in [1.807, 2.05) is 56.3 Å². The lowest BCUT2D eigenvalue weighted by molar-refractivity contribution is 0.188. The average Bonchev–Trinajstić information content (AvgIpc) is 2.91. The largest absolute Gasteiger partial charge is 0.492 e. The number of ether oxygens (including phenoxy) is 1. The SMILES string of the molecule is CCCCN(C(=O)Nc1ccc(Cl)cc1)C(C)c1nc2ccccc2c(=O)n1-c1ccccc1OCC. The van der Waals surface area contributed by atoms with E-state index in [9.17, 15) is 9.59 Å². The van der Waals surface area contributed by atoms with E-state index >= 15 is 0 Å². The number of rotatable bonds is 9. The normalized spacial score (nSPS) is 11.8. The second kappa shape index (κ2) is 11.9. The van der Waals surface area contributed by atoms with Crippen LogP contribution in [-0.4, -0.2) is 33.6 Å². The predicted molar refractivity (Wildman–Crippen MR) is 149 cm³/mol. The molecule has 7 nitrogen and oxygen atoms in total. The van der Waals surface area contributed by atoms with Crippen molar-refractivity contribution in [3.05, 3.63) is 94.0 Å². The Hall–Kier alpha value is -3.84. The van der Waals surface area contributed by atoms with Gasteiger partial charge in [0.1, 0.15) is 11.6 Å². The quantitative estimate of drug-likeness (QED) is 0.263. The fourth-order valence-corrected chi connectivity index (χ4v) is 4.38. The lowest BCUT2D eigenvalue weighted by Gasteiger charge is -2.31. The van der Waals surface area contributed by atoms with Crippen molar-refractivity contribution < 1.29 is 9.53 Å². The lowest BCUT2D eigenvalue weighted by atomic mass is 10.1. The summed E-state index contributed by atoms with van der Waals surface area (Å²) in [6.07, 6.45) is 1.70. The van der Waals surface area contributed by atoms with Crippen molar-refractivity contribution in [2.24, 2.45) is 0 Å². The Morgan fingerprint density at radius 1 is 1.05 bits per heavy atom. The Morgan fingerprint density at radius 2 is 1.76 bits per heavy atom. The number of fused-ring (bicyclic) bond motifs is 1. The molecule has 2 amide bonds. The first-order chi connectivity index (χ1) is 17.9. The van der Waals surface area contributed by atoms with Crippen LogP contribution in [0.3, 0.4) is 0 Å². The molecule has 0 aliphatic carbocycles. The topological polar surface area (TPSA) is 76.5 Å². The molecule has 1 N–H and O–H groups in total. The predicted octanol–water partition coefficient (Wildman–Crippen LogP) is 6.83. The van der Waals surface area contributed by atoms with Crippen LogP contribution < -0.4 is 15.6 Å². The molecule has 0 aliphatic rings. The molecule has 0 spiro atoms. The van der Waals surface area contributed by atoms with Crippen molar-refractivity contribution >= 4 is 34.2 Å². The molecule has 0 fully saturated rings. The van der Waals surface area contributed by atoms with Crippen LogP contribution >= 0.6 is 11.6 Å². The minimum absolute atomic E-state index is 0.215. The number of nitrogens with zero attached hydrogens (tertiary/aromatic N) is 3. The zero-order chi connectivity index (χ0) is 26.4. The number of halogens is 1. The van der Waals surface area contributed by atoms with Gasteiger partial charge in [0.25, 0.3) is 5.56 Å². The number of hydrogen-bond donors (Lipinski definition) is 1. The highest BCUT2D eigenvalue weighted by Crippen LogP contribution is 2.28. The van der Waals surface area contributed by atoms with Crippen LogP contribution in [0.1, 0.15) is 45.5 Å². The first-order valence-electron chi connectivity index (χ1n) is 12.5. The highest BCUT2D eigenvalue weighted by molar-refractivity contribution is 6.30. The third-order valence-corrected chi connectivity index (χ3v) is 6.41. The van der Waals surface area contributed by atoms with Crippen LogP contribution in [0, 0.1) is 0 Å². The van der Waals surface area contributed by atoms with E-state index in [-0.39, 0.29) is 11.6 Å². The number of carbonyl (C=O) groups excluding carboxylic acids is 1. The highest BCUT2D eigenvalue weighted by Gasteiger charge is 2.27. The summed E-state index contributed by atoms with van der Waals surface area (Å²) in [5, 5.41) is 4.05. The van der Waals surface area contributed by atoms with Gasteiger partial charge in [0.15, 0.2) is 0 Å².